The molecule has 0 aliphatic rings. The lowest BCUT2D eigenvalue weighted by atomic mass is 10.0. The molecule has 2 aromatic rings. The molecule has 0 bridgehead atoms. The number of aromatic carboxylic acids is 1. The summed E-state index contributed by atoms with van der Waals surface area (Å²) in [6, 6.07) is 6.78. The van der Waals surface area contributed by atoms with Crippen LogP contribution in [-0.2, 0) is 0 Å². The van der Waals surface area contributed by atoms with E-state index in [2.05, 4.69) is 10.3 Å². The number of nitrogens with zero attached hydrogens (tertiary/aromatic N) is 1. The van der Waals surface area contributed by atoms with Crippen LogP contribution in [0.5, 0.6) is 5.75 Å². The van der Waals surface area contributed by atoms with Gasteiger partial charge in [0.2, 0.25) is 0 Å². The number of carboxylic acids is 1. The average Bonchev–Trinajstić information content (AvgIpc) is 2.54. The average molecular weight is 328 g/mol. The number of rotatable bonds is 5. The molecule has 6 nitrogen and oxygen atoms in total. The zero-order valence-electron chi connectivity index (χ0n) is 14.1. The molecule has 1 aromatic carbocycles. The Hall–Kier alpha value is -2.89. The number of carbonyl (C=O) groups is 2. The molecule has 0 saturated carbocycles. The number of methoxy groups -OCH3 is 1. The van der Waals surface area contributed by atoms with Crippen molar-refractivity contribution in [2.75, 3.05) is 7.11 Å². The van der Waals surface area contributed by atoms with Gasteiger partial charge in [-0.05, 0) is 44.0 Å². The van der Waals surface area contributed by atoms with Crippen molar-refractivity contribution in [1.29, 1.82) is 0 Å². The number of aryl methyl sites for hydroxylation is 2. The topological polar surface area (TPSA) is 88.5 Å². The number of amides is 1. The maximum absolute atomic E-state index is 12.5. The number of nitrogens with one attached hydrogen (secondary N) is 1. The lowest BCUT2D eigenvalue weighted by molar-refractivity contribution is 0.0696. The second-order valence-corrected chi connectivity index (χ2v) is 5.59. The minimum absolute atomic E-state index is 0.0151. The van der Waals surface area contributed by atoms with Gasteiger partial charge in [-0.1, -0.05) is 12.1 Å². The molecular formula is C18H20N2O4. The number of aromatic nitrogens is 1. The number of ether oxygens (including phenoxy) is 1. The summed E-state index contributed by atoms with van der Waals surface area (Å²) in [6.45, 7) is 5.47. The number of carboxylic acid groups (broad SMARTS) is 1. The van der Waals surface area contributed by atoms with Crippen LogP contribution in [0, 0.1) is 13.8 Å². The summed E-state index contributed by atoms with van der Waals surface area (Å²) >= 11 is 0. The summed E-state index contributed by atoms with van der Waals surface area (Å²) in [6.07, 6.45) is 1.24. The van der Waals surface area contributed by atoms with Crippen LogP contribution in [0.25, 0.3) is 0 Å². The van der Waals surface area contributed by atoms with Crippen molar-refractivity contribution in [3.63, 3.8) is 0 Å². The van der Waals surface area contributed by atoms with Gasteiger partial charge in [0.15, 0.2) is 0 Å². The molecule has 2 rings (SSSR count). The van der Waals surface area contributed by atoms with E-state index in [9.17, 15) is 9.59 Å². The largest absolute Gasteiger partial charge is 0.496 e. The van der Waals surface area contributed by atoms with Gasteiger partial charge in [-0.2, -0.15) is 0 Å². The fourth-order valence-electron chi connectivity index (χ4n) is 2.41. The molecule has 6 heteroatoms. The molecule has 0 aliphatic heterocycles. The predicted octanol–water partition coefficient (Wildman–Crippen LogP) is 2.90. The van der Waals surface area contributed by atoms with Gasteiger partial charge in [0.25, 0.3) is 5.91 Å². The van der Waals surface area contributed by atoms with E-state index in [1.54, 1.807) is 14.0 Å². The molecule has 1 aromatic heterocycles. The molecule has 0 saturated heterocycles. The fourth-order valence-corrected chi connectivity index (χ4v) is 2.41. The van der Waals surface area contributed by atoms with Crippen LogP contribution in [0.2, 0.25) is 0 Å². The molecule has 1 amide bonds. The number of pyridine rings is 1. The van der Waals surface area contributed by atoms with Crippen LogP contribution >= 0.6 is 0 Å². The van der Waals surface area contributed by atoms with Gasteiger partial charge in [-0.25, -0.2) is 4.79 Å². The number of hydrogen-bond donors (Lipinski definition) is 2. The molecule has 2 N–H and O–H groups in total. The van der Waals surface area contributed by atoms with Crippen molar-refractivity contribution in [1.82, 2.24) is 10.3 Å². The van der Waals surface area contributed by atoms with Gasteiger partial charge in [0.05, 0.1) is 30.0 Å². The second kappa shape index (κ2) is 7.12. The van der Waals surface area contributed by atoms with Crippen LogP contribution in [-0.4, -0.2) is 29.1 Å². The Morgan fingerprint density at radius 3 is 2.54 bits per heavy atom. The molecule has 0 radical (unpaired) electrons. The minimum atomic E-state index is -1.12. The van der Waals surface area contributed by atoms with E-state index < -0.39 is 5.97 Å². The first-order valence-corrected chi connectivity index (χ1v) is 7.48. The summed E-state index contributed by atoms with van der Waals surface area (Å²) in [5, 5.41) is 11.9. The van der Waals surface area contributed by atoms with E-state index in [1.807, 2.05) is 32.0 Å². The van der Waals surface area contributed by atoms with Crippen LogP contribution < -0.4 is 10.1 Å². The van der Waals surface area contributed by atoms with Gasteiger partial charge < -0.3 is 15.2 Å². The number of benzene rings is 1. The highest BCUT2D eigenvalue weighted by atomic mass is 16.5. The molecule has 24 heavy (non-hydrogen) atoms. The van der Waals surface area contributed by atoms with Gasteiger partial charge in [0, 0.05) is 6.20 Å². The zero-order valence-corrected chi connectivity index (χ0v) is 14.1. The summed E-state index contributed by atoms with van der Waals surface area (Å²) < 4.78 is 5.23. The van der Waals surface area contributed by atoms with E-state index in [0.717, 1.165) is 16.9 Å². The van der Waals surface area contributed by atoms with Gasteiger partial charge in [-0.15, -0.1) is 0 Å². The second-order valence-electron chi connectivity index (χ2n) is 5.59. The summed E-state index contributed by atoms with van der Waals surface area (Å²) in [5.41, 5.74) is 2.63. The van der Waals surface area contributed by atoms with E-state index in [-0.39, 0.29) is 23.1 Å². The van der Waals surface area contributed by atoms with Crippen molar-refractivity contribution < 1.29 is 19.4 Å². The Morgan fingerprint density at radius 1 is 1.25 bits per heavy atom. The zero-order chi connectivity index (χ0) is 17.9. The molecular weight excluding hydrogens is 308 g/mol. The Balaban J connectivity index is 2.21. The molecule has 1 atom stereocenters. The maximum atomic E-state index is 12.5. The fraction of sp³-hybridized carbons (Fsp3) is 0.278. The molecule has 0 unspecified atom stereocenters. The Kier molecular flexibility index (Phi) is 5.18. The first-order valence-electron chi connectivity index (χ1n) is 7.48. The van der Waals surface area contributed by atoms with Crippen LogP contribution in [0.3, 0.4) is 0 Å². The van der Waals surface area contributed by atoms with E-state index in [0.29, 0.717) is 5.69 Å². The highest BCUT2D eigenvalue weighted by molar-refractivity contribution is 5.98. The monoisotopic (exact) mass is 328 g/mol. The molecule has 0 spiro atoms. The van der Waals surface area contributed by atoms with Gasteiger partial charge >= 0.3 is 5.97 Å². The van der Waals surface area contributed by atoms with Crippen molar-refractivity contribution in [2.45, 2.75) is 26.8 Å². The lowest BCUT2D eigenvalue weighted by Crippen LogP contribution is -2.28. The minimum Gasteiger partial charge on any atom is -0.496 e. The smallest absolute Gasteiger partial charge is 0.337 e. The van der Waals surface area contributed by atoms with Crippen LogP contribution in [0.15, 0.2) is 30.5 Å². The van der Waals surface area contributed by atoms with Gasteiger partial charge in [0.1, 0.15) is 5.75 Å². The molecule has 0 aliphatic carbocycles. The van der Waals surface area contributed by atoms with Crippen molar-refractivity contribution >= 4 is 11.9 Å². The Labute approximate surface area is 140 Å². The molecule has 126 valence electrons. The Bertz CT molecular complexity index is 787. The Morgan fingerprint density at radius 2 is 1.96 bits per heavy atom. The quantitative estimate of drug-likeness (QED) is 0.881. The molecule has 0 fully saturated rings. The normalized spacial score (nSPS) is 11.7. The SMILES string of the molecule is COc1ccc([C@@H](C)NC(=O)c2cc(C(=O)O)cnc2C)cc1C. The molecule has 1 heterocycles. The third-order valence-corrected chi connectivity index (χ3v) is 3.84. The third-order valence-electron chi connectivity index (χ3n) is 3.84. The van der Waals surface area contributed by atoms with E-state index in [4.69, 9.17) is 9.84 Å². The summed E-state index contributed by atoms with van der Waals surface area (Å²) in [5.74, 6) is -0.689. The van der Waals surface area contributed by atoms with E-state index >= 15 is 0 Å². The highest BCUT2D eigenvalue weighted by Gasteiger charge is 2.17. The number of hydrogen-bond acceptors (Lipinski definition) is 4. The third kappa shape index (κ3) is 3.71. The summed E-state index contributed by atoms with van der Waals surface area (Å²) in [7, 11) is 1.61. The first-order chi connectivity index (χ1) is 11.3. The summed E-state index contributed by atoms with van der Waals surface area (Å²) in [4.78, 5) is 27.5. The van der Waals surface area contributed by atoms with Crippen LogP contribution in [0.1, 0.15) is 50.5 Å². The van der Waals surface area contributed by atoms with E-state index in [1.165, 1.54) is 12.3 Å². The predicted molar refractivity (Wildman–Crippen MR) is 89.5 cm³/mol. The standard InChI is InChI=1S/C18H20N2O4/c1-10-7-13(5-6-16(10)24-4)11(2)20-17(21)15-8-14(18(22)23)9-19-12(15)3/h5-9,11H,1-4H3,(H,20,21)(H,22,23)/t11-/m1/s1. The van der Waals surface area contributed by atoms with Gasteiger partial charge in [-0.3, -0.25) is 9.78 Å². The highest BCUT2D eigenvalue weighted by Crippen LogP contribution is 2.22. The number of carbonyl (C=O) groups excluding carboxylic acids is 1. The van der Waals surface area contributed by atoms with Crippen molar-refractivity contribution in [2.24, 2.45) is 0 Å². The maximum Gasteiger partial charge on any atom is 0.337 e. The van der Waals surface area contributed by atoms with Crippen LogP contribution in [0.4, 0.5) is 0 Å². The first kappa shape index (κ1) is 17.5. The van der Waals surface area contributed by atoms with Crippen molar-refractivity contribution in [3.8, 4) is 5.75 Å². The lowest BCUT2D eigenvalue weighted by Gasteiger charge is -2.17. The van der Waals surface area contributed by atoms with Crippen molar-refractivity contribution in [3.05, 3.63) is 58.4 Å².